The summed E-state index contributed by atoms with van der Waals surface area (Å²) in [5.74, 6) is -0.186. The molecule has 1 aliphatic rings. The molecule has 0 aliphatic carbocycles. The van der Waals surface area contributed by atoms with Crippen LogP contribution in [-0.2, 0) is 4.74 Å². The summed E-state index contributed by atoms with van der Waals surface area (Å²) in [7, 11) is 0. The van der Waals surface area contributed by atoms with E-state index >= 15 is 0 Å². The number of amides is 1. The van der Waals surface area contributed by atoms with Gasteiger partial charge < -0.3 is 15.0 Å². The van der Waals surface area contributed by atoms with Crippen molar-refractivity contribution in [3.8, 4) is 0 Å². The van der Waals surface area contributed by atoms with Gasteiger partial charge in [0.25, 0.3) is 5.91 Å². The zero-order chi connectivity index (χ0) is 16.2. The Kier molecular flexibility index (Phi) is 4.57. The molecule has 0 radical (unpaired) electrons. The van der Waals surface area contributed by atoms with E-state index in [2.05, 4.69) is 15.2 Å². The van der Waals surface area contributed by atoms with Gasteiger partial charge in [0, 0.05) is 30.7 Å². The molecule has 1 amide bonds. The molecule has 1 fully saturated rings. The van der Waals surface area contributed by atoms with Crippen LogP contribution >= 0.6 is 0 Å². The highest BCUT2D eigenvalue weighted by Gasteiger charge is 2.15. The van der Waals surface area contributed by atoms with Crippen LogP contribution in [0.5, 0.6) is 0 Å². The van der Waals surface area contributed by atoms with Gasteiger partial charge in [0.15, 0.2) is 0 Å². The summed E-state index contributed by atoms with van der Waals surface area (Å²) in [4.78, 5) is 18.9. The number of hydrogen-bond acceptors (Lipinski definition) is 4. The lowest BCUT2D eigenvalue weighted by atomic mass is 10.1. The van der Waals surface area contributed by atoms with E-state index in [1.807, 2.05) is 44.2 Å². The summed E-state index contributed by atoms with van der Waals surface area (Å²) in [5, 5.41) is 2.95. The minimum absolute atomic E-state index is 0.186. The van der Waals surface area contributed by atoms with Crippen LogP contribution in [0.4, 0.5) is 11.4 Å². The average Bonchev–Trinajstić information content (AvgIpc) is 2.59. The zero-order valence-electron chi connectivity index (χ0n) is 13.5. The van der Waals surface area contributed by atoms with Gasteiger partial charge in [0.1, 0.15) is 5.69 Å². The van der Waals surface area contributed by atoms with Gasteiger partial charge in [-0.25, -0.2) is 0 Å². The van der Waals surface area contributed by atoms with Crippen molar-refractivity contribution in [1.82, 2.24) is 4.98 Å². The third-order valence-corrected chi connectivity index (χ3v) is 3.99. The second-order valence-electron chi connectivity index (χ2n) is 5.77. The predicted octanol–water partition coefficient (Wildman–Crippen LogP) is 2.79. The van der Waals surface area contributed by atoms with Crippen LogP contribution < -0.4 is 10.2 Å². The maximum absolute atomic E-state index is 12.5. The minimum Gasteiger partial charge on any atom is -0.378 e. The maximum Gasteiger partial charge on any atom is 0.274 e. The van der Waals surface area contributed by atoms with Crippen LogP contribution in [0.2, 0.25) is 0 Å². The van der Waals surface area contributed by atoms with Crippen molar-refractivity contribution in [2.45, 2.75) is 13.8 Å². The predicted molar refractivity (Wildman–Crippen MR) is 91.1 cm³/mol. The van der Waals surface area contributed by atoms with E-state index in [0.29, 0.717) is 18.9 Å². The summed E-state index contributed by atoms with van der Waals surface area (Å²) in [5.41, 5.74) is 4.41. The van der Waals surface area contributed by atoms with Gasteiger partial charge in [0.2, 0.25) is 0 Å². The van der Waals surface area contributed by atoms with Crippen molar-refractivity contribution in [1.29, 1.82) is 0 Å². The molecule has 2 aromatic rings. The van der Waals surface area contributed by atoms with E-state index in [1.54, 1.807) is 6.20 Å². The summed E-state index contributed by atoms with van der Waals surface area (Å²) in [6.45, 7) is 7.09. The number of rotatable bonds is 3. The number of morpholine rings is 1. The molecule has 5 nitrogen and oxygen atoms in total. The Bertz CT molecular complexity index is 709. The summed E-state index contributed by atoms with van der Waals surface area (Å²) < 4.78 is 5.37. The van der Waals surface area contributed by atoms with Crippen molar-refractivity contribution in [2.75, 3.05) is 36.5 Å². The molecular formula is C18H21N3O2. The molecule has 23 heavy (non-hydrogen) atoms. The standard InChI is InChI=1S/C18H21N3O2/c1-13-3-4-14(2)16(11-13)20-18(22)17-12-15(5-6-19-17)21-7-9-23-10-8-21/h3-6,11-12H,7-10H2,1-2H3,(H,20,22). The molecule has 120 valence electrons. The van der Waals surface area contributed by atoms with Crippen molar-refractivity contribution < 1.29 is 9.53 Å². The summed E-state index contributed by atoms with van der Waals surface area (Å²) >= 11 is 0. The molecule has 2 heterocycles. The second kappa shape index (κ2) is 6.79. The molecule has 1 aromatic heterocycles. The molecule has 0 bridgehead atoms. The highest BCUT2D eigenvalue weighted by molar-refractivity contribution is 6.03. The SMILES string of the molecule is Cc1ccc(C)c(NC(=O)c2cc(N3CCOCC3)ccn2)c1. The topological polar surface area (TPSA) is 54.5 Å². The van der Waals surface area contributed by atoms with E-state index in [0.717, 1.165) is 35.6 Å². The minimum atomic E-state index is -0.186. The number of anilines is 2. The van der Waals surface area contributed by atoms with Gasteiger partial charge in [-0.3, -0.25) is 9.78 Å². The number of carbonyl (C=O) groups excluding carboxylic acids is 1. The fourth-order valence-corrected chi connectivity index (χ4v) is 2.62. The van der Waals surface area contributed by atoms with Crippen LogP contribution in [0, 0.1) is 13.8 Å². The smallest absolute Gasteiger partial charge is 0.274 e. The number of nitrogens with zero attached hydrogens (tertiary/aromatic N) is 2. The molecule has 5 heteroatoms. The van der Waals surface area contributed by atoms with E-state index < -0.39 is 0 Å². The molecule has 0 spiro atoms. The fraction of sp³-hybridized carbons (Fsp3) is 0.333. The monoisotopic (exact) mass is 311 g/mol. The molecule has 1 aromatic carbocycles. The first-order chi connectivity index (χ1) is 11.1. The Hall–Kier alpha value is -2.40. The van der Waals surface area contributed by atoms with Gasteiger partial charge in [-0.2, -0.15) is 0 Å². The number of carbonyl (C=O) groups is 1. The quantitative estimate of drug-likeness (QED) is 0.947. The van der Waals surface area contributed by atoms with Crippen LogP contribution in [0.25, 0.3) is 0 Å². The van der Waals surface area contributed by atoms with E-state index in [-0.39, 0.29) is 5.91 Å². The Morgan fingerprint density at radius 2 is 1.96 bits per heavy atom. The van der Waals surface area contributed by atoms with Crippen LogP contribution in [0.1, 0.15) is 21.6 Å². The van der Waals surface area contributed by atoms with Crippen LogP contribution in [0.15, 0.2) is 36.5 Å². The third-order valence-electron chi connectivity index (χ3n) is 3.99. The zero-order valence-corrected chi connectivity index (χ0v) is 13.5. The highest BCUT2D eigenvalue weighted by atomic mass is 16.5. The average molecular weight is 311 g/mol. The van der Waals surface area contributed by atoms with Crippen molar-refractivity contribution in [2.24, 2.45) is 0 Å². The number of aryl methyl sites for hydroxylation is 2. The lowest BCUT2D eigenvalue weighted by molar-refractivity contribution is 0.102. The molecule has 3 rings (SSSR count). The molecule has 1 saturated heterocycles. The van der Waals surface area contributed by atoms with E-state index in [1.165, 1.54) is 0 Å². The van der Waals surface area contributed by atoms with Crippen molar-refractivity contribution in [3.63, 3.8) is 0 Å². The molecule has 1 N–H and O–H groups in total. The molecule has 0 atom stereocenters. The number of hydrogen-bond donors (Lipinski definition) is 1. The third kappa shape index (κ3) is 3.68. The van der Waals surface area contributed by atoms with Gasteiger partial charge >= 0.3 is 0 Å². The van der Waals surface area contributed by atoms with Crippen LogP contribution in [-0.4, -0.2) is 37.2 Å². The largest absolute Gasteiger partial charge is 0.378 e. The van der Waals surface area contributed by atoms with Crippen molar-refractivity contribution >= 4 is 17.3 Å². The van der Waals surface area contributed by atoms with Gasteiger partial charge in [-0.05, 0) is 43.2 Å². The first kappa shape index (κ1) is 15.5. The maximum atomic E-state index is 12.5. The lowest BCUT2D eigenvalue weighted by Gasteiger charge is -2.28. The number of ether oxygens (including phenoxy) is 1. The second-order valence-corrected chi connectivity index (χ2v) is 5.77. The van der Waals surface area contributed by atoms with Gasteiger partial charge in [0.05, 0.1) is 13.2 Å². The Morgan fingerprint density at radius 1 is 1.17 bits per heavy atom. The van der Waals surface area contributed by atoms with Crippen molar-refractivity contribution in [3.05, 3.63) is 53.3 Å². The molecule has 0 saturated carbocycles. The number of pyridine rings is 1. The number of nitrogens with one attached hydrogen (secondary N) is 1. The van der Waals surface area contributed by atoms with Gasteiger partial charge in [-0.15, -0.1) is 0 Å². The Balaban J connectivity index is 1.78. The van der Waals surface area contributed by atoms with E-state index in [4.69, 9.17) is 4.74 Å². The molecule has 0 unspecified atom stereocenters. The highest BCUT2D eigenvalue weighted by Crippen LogP contribution is 2.19. The summed E-state index contributed by atoms with van der Waals surface area (Å²) in [6.07, 6.45) is 1.68. The van der Waals surface area contributed by atoms with Crippen LogP contribution in [0.3, 0.4) is 0 Å². The Labute approximate surface area is 136 Å². The van der Waals surface area contributed by atoms with E-state index in [9.17, 15) is 4.79 Å². The number of aromatic nitrogens is 1. The first-order valence-corrected chi connectivity index (χ1v) is 7.81. The molecular weight excluding hydrogens is 290 g/mol. The van der Waals surface area contributed by atoms with Gasteiger partial charge in [-0.1, -0.05) is 12.1 Å². The Morgan fingerprint density at radius 3 is 2.74 bits per heavy atom. The molecule has 1 aliphatic heterocycles. The number of benzene rings is 1. The fourth-order valence-electron chi connectivity index (χ4n) is 2.62. The normalized spacial score (nSPS) is 14.6. The first-order valence-electron chi connectivity index (χ1n) is 7.81. The summed E-state index contributed by atoms with van der Waals surface area (Å²) in [6, 6.07) is 9.77. The lowest BCUT2D eigenvalue weighted by Crippen LogP contribution is -2.36.